The number of hydrogen-bond donors (Lipinski definition) is 0. The van der Waals surface area contributed by atoms with Crippen LogP contribution in [-0.2, 0) is 7.05 Å². The molecule has 0 aromatic carbocycles. The van der Waals surface area contributed by atoms with Crippen LogP contribution < -0.4 is 4.90 Å². The number of aryl methyl sites for hydroxylation is 1. The molecular formula is C21H30N6O. The van der Waals surface area contributed by atoms with Gasteiger partial charge in [-0.3, -0.25) is 4.79 Å². The smallest absolute Gasteiger partial charge is 0.270 e. The van der Waals surface area contributed by atoms with Gasteiger partial charge in [0.15, 0.2) is 0 Å². The van der Waals surface area contributed by atoms with Crippen LogP contribution in [0.25, 0.3) is 11.1 Å². The molecule has 0 N–H and O–H groups in total. The van der Waals surface area contributed by atoms with Gasteiger partial charge in [-0.05, 0) is 45.8 Å². The number of carbonyl (C=O) groups excluding carboxylic acids is 1. The van der Waals surface area contributed by atoms with Gasteiger partial charge in [0, 0.05) is 69.0 Å². The second kappa shape index (κ2) is 7.91. The Kier molecular flexibility index (Phi) is 5.35. The van der Waals surface area contributed by atoms with Gasteiger partial charge < -0.3 is 19.3 Å². The van der Waals surface area contributed by atoms with Crippen molar-refractivity contribution in [2.45, 2.75) is 31.7 Å². The summed E-state index contributed by atoms with van der Waals surface area (Å²) in [5.41, 5.74) is 2.66. The van der Waals surface area contributed by atoms with E-state index in [0.717, 1.165) is 61.8 Å². The van der Waals surface area contributed by atoms with Crippen LogP contribution in [0.15, 0.2) is 24.7 Å². The van der Waals surface area contributed by atoms with E-state index in [2.05, 4.69) is 33.9 Å². The first-order valence-corrected chi connectivity index (χ1v) is 10.2. The van der Waals surface area contributed by atoms with Crippen molar-refractivity contribution in [2.75, 3.05) is 45.2 Å². The van der Waals surface area contributed by atoms with E-state index in [1.807, 2.05) is 41.2 Å². The molecule has 2 aromatic rings. The Morgan fingerprint density at radius 3 is 2.29 bits per heavy atom. The molecule has 2 fully saturated rings. The maximum atomic E-state index is 13.0. The number of anilines is 1. The summed E-state index contributed by atoms with van der Waals surface area (Å²) in [5.74, 6) is 0.915. The second-order valence-corrected chi connectivity index (χ2v) is 8.18. The summed E-state index contributed by atoms with van der Waals surface area (Å²) in [6.07, 6.45) is 10.2. The highest BCUT2D eigenvalue weighted by Crippen LogP contribution is 2.24. The molecule has 150 valence electrons. The SMILES string of the molecule is CN(C)C1CCN(C(=O)c2cc(-c3cnc(N4CCCC4)nc3)cn2C)CC1. The first kappa shape index (κ1) is 18.9. The van der Waals surface area contributed by atoms with E-state index in [-0.39, 0.29) is 5.91 Å². The molecule has 2 aromatic heterocycles. The van der Waals surface area contributed by atoms with E-state index >= 15 is 0 Å². The van der Waals surface area contributed by atoms with Gasteiger partial charge >= 0.3 is 0 Å². The summed E-state index contributed by atoms with van der Waals surface area (Å²) in [5, 5.41) is 0. The third-order valence-electron chi connectivity index (χ3n) is 6.07. The summed E-state index contributed by atoms with van der Waals surface area (Å²) in [6, 6.07) is 2.54. The normalized spacial score (nSPS) is 18.3. The Hall–Kier alpha value is -2.41. The van der Waals surface area contributed by atoms with Crippen LogP contribution in [0.3, 0.4) is 0 Å². The van der Waals surface area contributed by atoms with Crippen molar-refractivity contribution in [1.29, 1.82) is 0 Å². The zero-order valence-corrected chi connectivity index (χ0v) is 17.1. The summed E-state index contributed by atoms with van der Waals surface area (Å²) in [4.78, 5) is 28.6. The molecule has 7 nitrogen and oxygen atoms in total. The van der Waals surface area contributed by atoms with Gasteiger partial charge in [0.2, 0.25) is 5.95 Å². The molecule has 4 heterocycles. The van der Waals surface area contributed by atoms with E-state index in [1.54, 1.807) is 0 Å². The van der Waals surface area contributed by atoms with Gasteiger partial charge in [0.25, 0.3) is 5.91 Å². The van der Waals surface area contributed by atoms with Crippen molar-refractivity contribution in [3.05, 3.63) is 30.4 Å². The Bertz CT molecular complexity index is 814. The number of hydrogen-bond acceptors (Lipinski definition) is 5. The Morgan fingerprint density at radius 2 is 1.68 bits per heavy atom. The molecular weight excluding hydrogens is 352 g/mol. The Morgan fingerprint density at radius 1 is 1.04 bits per heavy atom. The van der Waals surface area contributed by atoms with Gasteiger partial charge in [-0.25, -0.2) is 9.97 Å². The molecule has 2 aliphatic heterocycles. The van der Waals surface area contributed by atoms with Crippen LogP contribution in [0.5, 0.6) is 0 Å². The maximum absolute atomic E-state index is 13.0. The van der Waals surface area contributed by atoms with Crippen molar-refractivity contribution in [1.82, 2.24) is 24.3 Å². The van der Waals surface area contributed by atoms with Crippen molar-refractivity contribution >= 4 is 11.9 Å². The molecule has 0 radical (unpaired) electrons. The molecule has 0 aliphatic carbocycles. The summed E-state index contributed by atoms with van der Waals surface area (Å²) < 4.78 is 1.92. The lowest BCUT2D eigenvalue weighted by Crippen LogP contribution is -2.44. The minimum absolute atomic E-state index is 0.112. The monoisotopic (exact) mass is 382 g/mol. The van der Waals surface area contributed by atoms with E-state index in [0.29, 0.717) is 6.04 Å². The predicted octanol–water partition coefficient (Wildman–Crippen LogP) is 2.25. The molecule has 4 rings (SSSR count). The highest BCUT2D eigenvalue weighted by molar-refractivity contribution is 5.94. The zero-order chi connectivity index (χ0) is 19.7. The Balaban J connectivity index is 1.47. The zero-order valence-electron chi connectivity index (χ0n) is 17.1. The van der Waals surface area contributed by atoms with Crippen molar-refractivity contribution in [2.24, 2.45) is 7.05 Å². The summed E-state index contributed by atoms with van der Waals surface area (Å²) in [6.45, 7) is 3.70. The van der Waals surface area contributed by atoms with Gasteiger partial charge in [-0.15, -0.1) is 0 Å². The van der Waals surface area contributed by atoms with Crippen LogP contribution in [-0.4, -0.2) is 76.6 Å². The lowest BCUT2D eigenvalue weighted by Gasteiger charge is -2.35. The topological polar surface area (TPSA) is 57.5 Å². The van der Waals surface area contributed by atoms with E-state index in [9.17, 15) is 4.79 Å². The molecule has 1 amide bonds. The molecule has 0 unspecified atom stereocenters. The number of rotatable bonds is 4. The third kappa shape index (κ3) is 3.76. The van der Waals surface area contributed by atoms with Gasteiger partial charge in [-0.2, -0.15) is 0 Å². The van der Waals surface area contributed by atoms with E-state index in [1.165, 1.54) is 12.8 Å². The highest BCUT2D eigenvalue weighted by Gasteiger charge is 2.26. The predicted molar refractivity (Wildman–Crippen MR) is 110 cm³/mol. The highest BCUT2D eigenvalue weighted by atomic mass is 16.2. The van der Waals surface area contributed by atoms with Crippen LogP contribution in [0.4, 0.5) is 5.95 Å². The molecule has 28 heavy (non-hydrogen) atoms. The molecule has 0 atom stereocenters. The second-order valence-electron chi connectivity index (χ2n) is 8.18. The van der Waals surface area contributed by atoms with Crippen molar-refractivity contribution in [3.8, 4) is 11.1 Å². The minimum atomic E-state index is 0.112. The Labute approximate surface area is 167 Å². The number of piperidine rings is 1. The molecule has 2 aliphatic rings. The number of amides is 1. The van der Waals surface area contributed by atoms with E-state index < -0.39 is 0 Å². The quantitative estimate of drug-likeness (QED) is 0.812. The number of nitrogens with zero attached hydrogens (tertiary/aromatic N) is 6. The maximum Gasteiger partial charge on any atom is 0.270 e. The largest absolute Gasteiger partial charge is 0.346 e. The lowest BCUT2D eigenvalue weighted by atomic mass is 10.0. The fourth-order valence-electron chi connectivity index (χ4n) is 4.23. The standard InChI is InChI=1S/C21H30N6O/c1-24(2)18-6-10-26(11-7-18)20(28)19-12-16(15-25(19)3)17-13-22-21(23-14-17)27-8-4-5-9-27/h12-15,18H,4-11H2,1-3H3. The lowest BCUT2D eigenvalue weighted by molar-refractivity contribution is 0.0654. The van der Waals surface area contributed by atoms with Crippen LogP contribution in [0.1, 0.15) is 36.2 Å². The van der Waals surface area contributed by atoms with Crippen LogP contribution in [0.2, 0.25) is 0 Å². The first-order valence-electron chi connectivity index (χ1n) is 10.2. The van der Waals surface area contributed by atoms with Gasteiger partial charge in [0.1, 0.15) is 5.69 Å². The number of carbonyl (C=O) groups is 1. The molecule has 0 spiro atoms. The first-order chi connectivity index (χ1) is 13.5. The molecule has 7 heteroatoms. The molecule has 0 saturated carbocycles. The van der Waals surface area contributed by atoms with E-state index in [4.69, 9.17) is 0 Å². The fraction of sp³-hybridized carbons (Fsp3) is 0.571. The fourth-order valence-corrected chi connectivity index (χ4v) is 4.23. The third-order valence-corrected chi connectivity index (χ3v) is 6.07. The number of aromatic nitrogens is 3. The van der Waals surface area contributed by atoms with Crippen LogP contribution >= 0.6 is 0 Å². The molecule has 0 bridgehead atoms. The summed E-state index contributed by atoms with van der Waals surface area (Å²) >= 11 is 0. The van der Waals surface area contributed by atoms with Crippen molar-refractivity contribution in [3.63, 3.8) is 0 Å². The average Bonchev–Trinajstić information content (AvgIpc) is 3.38. The summed E-state index contributed by atoms with van der Waals surface area (Å²) in [7, 11) is 6.16. The minimum Gasteiger partial charge on any atom is -0.346 e. The average molecular weight is 383 g/mol. The van der Waals surface area contributed by atoms with Crippen LogP contribution in [0, 0.1) is 0 Å². The van der Waals surface area contributed by atoms with Gasteiger partial charge in [0.05, 0.1) is 0 Å². The van der Waals surface area contributed by atoms with Gasteiger partial charge in [-0.1, -0.05) is 0 Å². The van der Waals surface area contributed by atoms with Crippen molar-refractivity contribution < 1.29 is 4.79 Å². The molecule has 2 saturated heterocycles. The number of likely N-dealkylation sites (tertiary alicyclic amines) is 1.